The molecule has 0 amide bonds. The minimum atomic E-state index is -5.00. The lowest BCUT2D eigenvalue weighted by atomic mass is 10.1. The van der Waals surface area contributed by atoms with Crippen molar-refractivity contribution in [1.29, 1.82) is 0 Å². The molecule has 608 valence electrons. The van der Waals surface area contributed by atoms with E-state index in [0.29, 0.717) is 32.1 Å². The fraction of sp³-hybridized carbons (Fsp3) is 0.701. The Labute approximate surface area is 644 Å². The second-order valence-electron chi connectivity index (χ2n) is 27.3. The summed E-state index contributed by atoms with van der Waals surface area (Å²) in [5, 5.41) is 10.7. The molecule has 3 N–H and O–H groups in total. The Morgan fingerprint density at radius 1 is 0.274 bits per heavy atom. The molecule has 0 aliphatic rings. The summed E-state index contributed by atoms with van der Waals surface area (Å²) in [6.45, 7) is 4.62. The normalized spacial score (nSPS) is 14.5. The number of rotatable bonds is 77. The van der Waals surface area contributed by atoms with E-state index in [1.54, 1.807) is 0 Å². The second kappa shape index (κ2) is 78.3. The van der Waals surface area contributed by atoms with Crippen LogP contribution in [0.15, 0.2) is 134 Å². The molecule has 0 radical (unpaired) electrons. The van der Waals surface area contributed by atoms with Crippen LogP contribution in [0.1, 0.15) is 336 Å². The number of aliphatic hydroxyl groups is 1. The molecule has 19 heteroatoms. The minimum Gasteiger partial charge on any atom is -0.462 e. The molecular weight excluding hydrogens is 1380 g/mol. The van der Waals surface area contributed by atoms with Crippen molar-refractivity contribution in [3.05, 3.63) is 134 Å². The van der Waals surface area contributed by atoms with Gasteiger partial charge in [-0.05, 0) is 154 Å². The largest absolute Gasteiger partial charge is 0.472 e. The van der Waals surface area contributed by atoms with E-state index in [4.69, 9.17) is 37.0 Å². The Hall–Kier alpha value is -4.80. The maximum Gasteiger partial charge on any atom is 0.472 e. The van der Waals surface area contributed by atoms with Crippen LogP contribution < -0.4 is 0 Å². The predicted octanol–water partition coefficient (Wildman–Crippen LogP) is 24.4. The lowest BCUT2D eigenvalue weighted by Gasteiger charge is -2.21. The standard InChI is InChI=1S/C87H148O17P2/c1-5-9-13-17-21-25-29-33-36-38-40-42-45-49-52-56-60-64-68-72-85(90)98-78-83(104-87(92)74-70-66-62-58-54-50-46-43-41-39-37-34-30-26-22-18-14-10-6-2)80-102-106(95,96)100-76-81(88)75-99-105(93,94)101-79-82(103-86(91)73-69-65-61-57-53-47-32-28-24-20-16-12-8-4)77-97-84(89)71-67-63-59-55-51-48-44-35-31-27-23-19-15-11-7-3/h9,13,21-22,25-26,28,32-37,40-44,49,52,60,64,81-83,88H,5-8,10-12,14-20,23-24,27,29-31,38-39,45-48,50-51,53-59,61-63,65-80H2,1-4H3,(H,93,94)(H,95,96)/b13-9-,25-21-,26-22-,32-28-,36-33-,37-34-,42-40-,43-41-,44-35-,52-49-,64-60-. The zero-order valence-electron chi connectivity index (χ0n) is 66.6. The molecule has 17 nitrogen and oxygen atoms in total. The van der Waals surface area contributed by atoms with Crippen molar-refractivity contribution in [2.45, 2.75) is 354 Å². The molecule has 106 heavy (non-hydrogen) atoms. The maximum atomic E-state index is 13.1. The first-order chi connectivity index (χ1) is 51.7. The summed E-state index contributed by atoms with van der Waals surface area (Å²) in [5.74, 6) is -2.30. The highest BCUT2D eigenvalue weighted by Crippen LogP contribution is 2.45. The van der Waals surface area contributed by atoms with Crippen molar-refractivity contribution in [1.82, 2.24) is 0 Å². The molecule has 0 aromatic carbocycles. The van der Waals surface area contributed by atoms with E-state index in [9.17, 15) is 43.2 Å². The lowest BCUT2D eigenvalue weighted by Crippen LogP contribution is -2.30. The quantitative estimate of drug-likeness (QED) is 0.0169. The van der Waals surface area contributed by atoms with Gasteiger partial charge in [-0.1, -0.05) is 290 Å². The van der Waals surface area contributed by atoms with Gasteiger partial charge in [0.25, 0.3) is 0 Å². The first-order valence-electron chi connectivity index (χ1n) is 41.4. The predicted molar refractivity (Wildman–Crippen MR) is 436 cm³/mol. The summed E-state index contributed by atoms with van der Waals surface area (Å²) in [4.78, 5) is 73.1. The Morgan fingerprint density at radius 3 is 0.849 bits per heavy atom. The van der Waals surface area contributed by atoms with Crippen LogP contribution in [0, 0.1) is 0 Å². The van der Waals surface area contributed by atoms with E-state index in [0.717, 1.165) is 167 Å². The first-order valence-corrected chi connectivity index (χ1v) is 44.4. The number of carbonyl (C=O) groups excluding carboxylic acids is 4. The summed E-state index contributed by atoms with van der Waals surface area (Å²) in [5.41, 5.74) is 0. The minimum absolute atomic E-state index is 0.0299. The second-order valence-corrected chi connectivity index (χ2v) is 30.2. The zero-order valence-corrected chi connectivity index (χ0v) is 68.4. The molecule has 0 rings (SSSR count). The summed E-state index contributed by atoms with van der Waals surface area (Å²) < 4.78 is 68.6. The molecule has 0 aromatic heterocycles. The number of phosphoric acid groups is 2. The van der Waals surface area contributed by atoms with E-state index in [1.165, 1.54) is 83.5 Å². The number of phosphoric ester groups is 2. The van der Waals surface area contributed by atoms with E-state index < -0.39 is 97.5 Å². The number of hydrogen-bond donors (Lipinski definition) is 3. The Bertz CT molecular complexity index is 2530. The molecule has 0 heterocycles. The van der Waals surface area contributed by atoms with E-state index in [2.05, 4.69) is 143 Å². The third kappa shape index (κ3) is 77.4. The van der Waals surface area contributed by atoms with Crippen LogP contribution in [-0.2, 0) is 65.4 Å². The van der Waals surface area contributed by atoms with Gasteiger partial charge >= 0.3 is 39.5 Å². The van der Waals surface area contributed by atoms with Gasteiger partial charge in [0.05, 0.1) is 26.4 Å². The van der Waals surface area contributed by atoms with Gasteiger partial charge in [-0.3, -0.25) is 37.3 Å². The van der Waals surface area contributed by atoms with Crippen molar-refractivity contribution in [3.63, 3.8) is 0 Å². The van der Waals surface area contributed by atoms with Crippen LogP contribution in [0.3, 0.4) is 0 Å². The highest BCUT2D eigenvalue weighted by atomic mass is 31.2. The van der Waals surface area contributed by atoms with E-state index in [1.807, 2.05) is 18.2 Å². The number of hydrogen-bond acceptors (Lipinski definition) is 15. The van der Waals surface area contributed by atoms with Crippen LogP contribution in [0.4, 0.5) is 0 Å². The molecule has 0 saturated heterocycles. The highest BCUT2D eigenvalue weighted by molar-refractivity contribution is 7.47. The number of ether oxygens (including phenoxy) is 4. The van der Waals surface area contributed by atoms with Gasteiger partial charge in [0.2, 0.25) is 0 Å². The molecule has 0 aliphatic heterocycles. The summed E-state index contributed by atoms with van der Waals surface area (Å²) in [6.07, 6.45) is 88.6. The van der Waals surface area contributed by atoms with E-state index >= 15 is 0 Å². The van der Waals surface area contributed by atoms with Gasteiger partial charge in [-0.15, -0.1) is 0 Å². The topological polar surface area (TPSA) is 237 Å². The summed E-state index contributed by atoms with van der Waals surface area (Å²) in [6, 6.07) is 0. The van der Waals surface area contributed by atoms with Gasteiger partial charge in [0.1, 0.15) is 19.3 Å². The van der Waals surface area contributed by atoms with Crippen LogP contribution >= 0.6 is 15.6 Å². The van der Waals surface area contributed by atoms with Crippen molar-refractivity contribution >= 4 is 39.5 Å². The molecule has 0 spiro atoms. The van der Waals surface area contributed by atoms with Crippen molar-refractivity contribution < 1.29 is 80.2 Å². The van der Waals surface area contributed by atoms with Gasteiger partial charge in [0, 0.05) is 25.7 Å². The monoisotopic (exact) mass is 1530 g/mol. The van der Waals surface area contributed by atoms with Crippen LogP contribution in [0.5, 0.6) is 0 Å². The average molecular weight is 1530 g/mol. The Morgan fingerprint density at radius 2 is 0.509 bits per heavy atom. The third-order valence-electron chi connectivity index (χ3n) is 17.1. The lowest BCUT2D eigenvalue weighted by molar-refractivity contribution is -0.161. The smallest absolute Gasteiger partial charge is 0.462 e. The molecule has 0 saturated carbocycles. The van der Waals surface area contributed by atoms with Crippen molar-refractivity contribution in [2.24, 2.45) is 0 Å². The maximum absolute atomic E-state index is 13.1. The zero-order chi connectivity index (χ0) is 77.4. The molecule has 0 aromatic rings. The molecule has 5 atom stereocenters. The van der Waals surface area contributed by atoms with Gasteiger partial charge in [-0.2, -0.15) is 0 Å². The summed E-state index contributed by atoms with van der Waals surface area (Å²) in [7, 11) is -9.99. The SMILES string of the molecule is CC/C=C\C/C=C\C/C=C\C/C=C\C/C=C\C/C=C\CCC(=O)OCC(COP(=O)(O)OCC(O)COP(=O)(O)OCC(COC(=O)CCCCCCC/C=C\CCCCCCCC)OC(=O)CCCCCCC/C=C\CCCCCC)OC(=O)CCCCCCCC/C=C\C/C=C\C/C=C\CCCCC. The van der Waals surface area contributed by atoms with Crippen LogP contribution in [-0.4, -0.2) is 96.7 Å². The fourth-order valence-electron chi connectivity index (χ4n) is 10.8. The molecule has 0 bridgehead atoms. The summed E-state index contributed by atoms with van der Waals surface area (Å²) >= 11 is 0. The van der Waals surface area contributed by atoms with Gasteiger partial charge in [-0.25, -0.2) is 9.13 Å². The average Bonchev–Trinajstić information content (AvgIpc) is 0.903. The molecule has 0 fully saturated rings. The Balaban J connectivity index is 5.45. The molecule has 5 unspecified atom stereocenters. The molecule has 0 aliphatic carbocycles. The first kappa shape index (κ1) is 101. The highest BCUT2D eigenvalue weighted by Gasteiger charge is 2.30. The fourth-order valence-corrected chi connectivity index (χ4v) is 12.4. The van der Waals surface area contributed by atoms with Crippen molar-refractivity contribution in [2.75, 3.05) is 39.6 Å². The van der Waals surface area contributed by atoms with Crippen LogP contribution in [0.2, 0.25) is 0 Å². The number of carbonyl (C=O) groups is 4. The number of allylic oxidation sites excluding steroid dienone is 22. The third-order valence-corrected chi connectivity index (χ3v) is 19.0. The van der Waals surface area contributed by atoms with E-state index in [-0.39, 0.29) is 25.7 Å². The van der Waals surface area contributed by atoms with Crippen LogP contribution in [0.25, 0.3) is 0 Å². The van der Waals surface area contributed by atoms with Gasteiger partial charge in [0.15, 0.2) is 12.2 Å². The van der Waals surface area contributed by atoms with Crippen molar-refractivity contribution in [3.8, 4) is 0 Å². The van der Waals surface area contributed by atoms with Gasteiger partial charge < -0.3 is 33.8 Å². The number of unbranched alkanes of at least 4 members (excludes halogenated alkanes) is 29. The Kier molecular flexibility index (Phi) is 74.8. The molecular formula is C87H148O17P2. The number of aliphatic hydroxyl groups excluding tert-OH is 1. The number of esters is 4.